The molecule has 2 N–H and O–H groups in total. The molecule has 0 saturated carbocycles. The molecule has 0 saturated heterocycles. The number of aromatic hydroxyl groups is 1. The number of phenols is 1. The lowest BCUT2D eigenvalue weighted by Crippen LogP contribution is -2.12. The first-order chi connectivity index (χ1) is 13.8. The third kappa shape index (κ3) is 5.41. The van der Waals surface area contributed by atoms with Gasteiger partial charge in [0.2, 0.25) is 0 Å². The number of nitrogens with one attached hydrogen (secondary N) is 1. The number of aromatic nitrogens is 2. The number of ether oxygens (including phenoxy) is 1. The van der Waals surface area contributed by atoms with Crippen LogP contribution in [0.3, 0.4) is 0 Å². The Labute approximate surface area is 180 Å². The number of rotatable bonds is 8. The summed E-state index contributed by atoms with van der Waals surface area (Å²) in [7, 11) is -3.94. The third-order valence-corrected chi connectivity index (χ3v) is 7.43. The number of imidazole rings is 1. The second-order valence-electron chi connectivity index (χ2n) is 5.81. The lowest BCUT2D eigenvalue weighted by Gasteiger charge is -2.10. The minimum absolute atomic E-state index is 0.0693. The van der Waals surface area contributed by atoms with Gasteiger partial charge in [-0.1, -0.05) is 23.2 Å². The van der Waals surface area contributed by atoms with Gasteiger partial charge in [0.15, 0.2) is 0 Å². The van der Waals surface area contributed by atoms with Crippen LogP contribution in [0.2, 0.25) is 9.36 Å². The summed E-state index contributed by atoms with van der Waals surface area (Å²) in [5.41, 5.74) is -0.00223. The SMILES string of the molecule is O=C(OCCCn1ccnc1)c1ccc(NS(=O)(=O)c2cc(Cl)c(Cl)s2)cc1O. The Morgan fingerprint density at radius 2 is 2.10 bits per heavy atom. The zero-order chi connectivity index (χ0) is 21.0. The summed E-state index contributed by atoms with van der Waals surface area (Å²) in [6.45, 7) is 0.793. The summed E-state index contributed by atoms with van der Waals surface area (Å²) in [5, 5.41) is 10.2. The number of benzene rings is 1. The first kappa shape index (κ1) is 21.4. The standard InChI is InChI=1S/C17H15Cl2N3O5S2/c18-13-9-15(28-16(13)19)29(25,26)21-11-2-3-12(14(23)8-11)17(24)27-7-1-5-22-6-4-20-10-22/h2-4,6,8-10,21,23H,1,5,7H2. The van der Waals surface area contributed by atoms with E-state index in [9.17, 15) is 18.3 Å². The highest BCUT2D eigenvalue weighted by molar-refractivity contribution is 7.94. The van der Waals surface area contributed by atoms with Gasteiger partial charge in [-0.25, -0.2) is 18.2 Å². The molecule has 0 aliphatic rings. The fourth-order valence-electron chi connectivity index (χ4n) is 2.34. The molecule has 8 nitrogen and oxygen atoms in total. The molecule has 2 aromatic heterocycles. The highest BCUT2D eigenvalue weighted by atomic mass is 35.5. The molecule has 0 aliphatic heterocycles. The Hall–Kier alpha value is -2.27. The minimum atomic E-state index is -3.94. The van der Waals surface area contributed by atoms with Crippen LogP contribution < -0.4 is 4.72 Å². The third-order valence-electron chi connectivity index (χ3n) is 3.71. The molecular weight excluding hydrogens is 461 g/mol. The lowest BCUT2D eigenvalue weighted by molar-refractivity contribution is 0.0492. The van der Waals surface area contributed by atoms with Gasteiger partial charge < -0.3 is 14.4 Å². The molecule has 0 radical (unpaired) electrons. The van der Waals surface area contributed by atoms with Crippen molar-refractivity contribution in [2.45, 2.75) is 17.2 Å². The van der Waals surface area contributed by atoms with E-state index in [1.54, 1.807) is 18.7 Å². The molecule has 3 aromatic rings. The fourth-order valence-corrected chi connectivity index (χ4v) is 5.27. The number of hydrogen-bond acceptors (Lipinski definition) is 7. The van der Waals surface area contributed by atoms with Gasteiger partial charge in [-0.15, -0.1) is 11.3 Å². The summed E-state index contributed by atoms with van der Waals surface area (Å²) in [5.74, 6) is -1.12. The topological polar surface area (TPSA) is 111 Å². The van der Waals surface area contributed by atoms with Crippen LogP contribution in [0.4, 0.5) is 5.69 Å². The molecule has 154 valence electrons. The molecule has 29 heavy (non-hydrogen) atoms. The molecule has 0 aliphatic carbocycles. The Morgan fingerprint density at radius 3 is 2.72 bits per heavy atom. The van der Waals surface area contributed by atoms with Crippen LogP contribution in [0, 0.1) is 0 Å². The number of hydrogen-bond donors (Lipinski definition) is 2. The van der Waals surface area contributed by atoms with E-state index in [4.69, 9.17) is 27.9 Å². The van der Waals surface area contributed by atoms with Crippen LogP contribution in [0.5, 0.6) is 5.75 Å². The Morgan fingerprint density at radius 1 is 1.31 bits per heavy atom. The van der Waals surface area contributed by atoms with Gasteiger partial charge in [0.25, 0.3) is 10.0 Å². The molecule has 0 fully saturated rings. The van der Waals surface area contributed by atoms with E-state index in [-0.39, 0.29) is 31.4 Å². The summed E-state index contributed by atoms with van der Waals surface area (Å²) >= 11 is 12.4. The van der Waals surface area contributed by atoms with Gasteiger partial charge >= 0.3 is 5.97 Å². The Kier molecular flexibility index (Phi) is 6.68. The molecule has 12 heteroatoms. The molecule has 2 heterocycles. The summed E-state index contributed by atoms with van der Waals surface area (Å²) in [6.07, 6.45) is 5.69. The van der Waals surface area contributed by atoms with Crippen molar-refractivity contribution in [1.82, 2.24) is 9.55 Å². The van der Waals surface area contributed by atoms with Crippen molar-refractivity contribution in [2.75, 3.05) is 11.3 Å². The lowest BCUT2D eigenvalue weighted by atomic mass is 10.2. The number of anilines is 1. The number of nitrogens with zero attached hydrogens (tertiary/aromatic N) is 2. The van der Waals surface area contributed by atoms with E-state index in [1.807, 2.05) is 4.57 Å². The van der Waals surface area contributed by atoms with Gasteiger partial charge in [-0.3, -0.25) is 4.72 Å². The van der Waals surface area contributed by atoms with E-state index in [1.165, 1.54) is 18.2 Å². The van der Waals surface area contributed by atoms with Crippen molar-refractivity contribution in [2.24, 2.45) is 0 Å². The number of carbonyl (C=O) groups is 1. The van der Waals surface area contributed by atoms with E-state index in [2.05, 4.69) is 9.71 Å². The molecule has 3 rings (SSSR count). The van der Waals surface area contributed by atoms with Crippen LogP contribution >= 0.6 is 34.5 Å². The average molecular weight is 476 g/mol. The average Bonchev–Trinajstić information content (AvgIpc) is 3.29. The minimum Gasteiger partial charge on any atom is -0.507 e. The quantitative estimate of drug-likeness (QED) is 0.376. The molecule has 0 bridgehead atoms. The second kappa shape index (κ2) is 9.04. The molecule has 0 unspecified atom stereocenters. The first-order valence-electron chi connectivity index (χ1n) is 8.20. The fraction of sp³-hybridized carbons (Fsp3) is 0.176. The smallest absolute Gasteiger partial charge is 0.341 e. The Balaban J connectivity index is 1.61. The maximum atomic E-state index is 12.4. The van der Waals surface area contributed by atoms with Crippen molar-refractivity contribution >= 4 is 56.2 Å². The predicted octanol–water partition coefficient (Wildman–Crippen LogP) is 4.00. The van der Waals surface area contributed by atoms with Gasteiger partial charge in [0.05, 0.1) is 23.6 Å². The zero-order valence-electron chi connectivity index (χ0n) is 14.7. The maximum Gasteiger partial charge on any atom is 0.341 e. The number of sulfonamides is 1. The van der Waals surface area contributed by atoms with E-state index in [0.29, 0.717) is 13.0 Å². The van der Waals surface area contributed by atoms with E-state index < -0.39 is 21.7 Å². The van der Waals surface area contributed by atoms with Gasteiger partial charge in [-0.2, -0.15) is 0 Å². The van der Waals surface area contributed by atoms with Crippen molar-refractivity contribution in [3.05, 3.63) is 57.9 Å². The first-order valence-corrected chi connectivity index (χ1v) is 11.3. The zero-order valence-corrected chi connectivity index (χ0v) is 17.9. The van der Waals surface area contributed by atoms with Crippen LogP contribution in [0.15, 0.2) is 47.2 Å². The molecular formula is C17H15Cl2N3O5S2. The van der Waals surface area contributed by atoms with Crippen molar-refractivity contribution < 1.29 is 23.1 Å². The van der Waals surface area contributed by atoms with Crippen LogP contribution in [0.1, 0.15) is 16.8 Å². The van der Waals surface area contributed by atoms with E-state index >= 15 is 0 Å². The number of esters is 1. The summed E-state index contributed by atoms with van der Waals surface area (Å²) in [6, 6.07) is 4.97. The molecule has 0 spiro atoms. The van der Waals surface area contributed by atoms with Gasteiger partial charge in [-0.05, 0) is 24.6 Å². The van der Waals surface area contributed by atoms with Crippen molar-refractivity contribution in [3.8, 4) is 5.75 Å². The summed E-state index contributed by atoms with van der Waals surface area (Å²) < 4.78 is 34.1. The number of aryl methyl sites for hydroxylation is 1. The monoisotopic (exact) mass is 475 g/mol. The highest BCUT2D eigenvalue weighted by Gasteiger charge is 2.21. The normalized spacial score (nSPS) is 11.4. The number of carbonyl (C=O) groups excluding carboxylic acids is 1. The van der Waals surface area contributed by atoms with E-state index in [0.717, 1.165) is 17.4 Å². The largest absolute Gasteiger partial charge is 0.507 e. The second-order valence-corrected chi connectivity index (χ2v) is 9.79. The molecule has 0 atom stereocenters. The van der Waals surface area contributed by atoms with Crippen LogP contribution in [0.25, 0.3) is 0 Å². The van der Waals surface area contributed by atoms with Crippen LogP contribution in [-0.4, -0.2) is 35.7 Å². The predicted molar refractivity (Wildman–Crippen MR) is 110 cm³/mol. The Bertz CT molecular complexity index is 1090. The number of halogens is 2. The van der Waals surface area contributed by atoms with Gasteiger partial charge in [0.1, 0.15) is 19.9 Å². The maximum absolute atomic E-state index is 12.4. The van der Waals surface area contributed by atoms with Crippen molar-refractivity contribution in [1.29, 1.82) is 0 Å². The van der Waals surface area contributed by atoms with Gasteiger partial charge in [0, 0.05) is 25.0 Å². The molecule has 0 amide bonds. The number of phenolic OH excluding ortho intramolecular Hbond substituents is 1. The number of thiophene rings is 1. The van der Waals surface area contributed by atoms with Crippen LogP contribution in [-0.2, 0) is 21.3 Å². The summed E-state index contributed by atoms with van der Waals surface area (Å²) in [4.78, 5) is 16.0. The molecule has 1 aromatic carbocycles. The van der Waals surface area contributed by atoms with Crippen molar-refractivity contribution in [3.63, 3.8) is 0 Å². The highest BCUT2D eigenvalue weighted by Crippen LogP contribution is 2.35.